The number of hydrogen-bond donors (Lipinski definition) is 0. The summed E-state index contributed by atoms with van der Waals surface area (Å²) in [6, 6.07) is 0.588. The Morgan fingerprint density at radius 3 is 2.92 bits per heavy atom. The maximum atomic E-state index is 4.03. The van der Waals surface area contributed by atoms with Crippen LogP contribution < -0.4 is 0 Å². The van der Waals surface area contributed by atoms with Crippen molar-refractivity contribution in [1.29, 1.82) is 0 Å². The lowest BCUT2D eigenvalue weighted by Gasteiger charge is -2.06. The molecule has 5 heteroatoms. The third kappa shape index (κ3) is 1.33. The Hall–Kier alpha value is -0.580. The Kier molecular flexibility index (Phi) is 2.04. The van der Waals surface area contributed by atoms with Crippen LogP contribution in [0.1, 0.15) is 36.9 Å². The highest BCUT2D eigenvalue weighted by molar-refractivity contribution is 7.98. The van der Waals surface area contributed by atoms with Crippen molar-refractivity contribution in [2.75, 3.05) is 6.26 Å². The maximum Gasteiger partial charge on any atom is 0.164 e. The fraction of sp³-hybridized carbons (Fsp3) is 0.857. The van der Waals surface area contributed by atoms with E-state index in [0.717, 1.165) is 5.82 Å². The van der Waals surface area contributed by atoms with Crippen LogP contribution in [0.15, 0.2) is 0 Å². The van der Waals surface area contributed by atoms with Gasteiger partial charge in [-0.2, -0.15) is 11.8 Å². The molecule has 1 saturated carbocycles. The molecule has 0 amide bonds. The minimum absolute atomic E-state index is 0.403. The maximum absolute atomic E-state index is 4.03. The van der Waals surface area contributed by atoms with Gasteiger partial charge in [0.15, 0.2) is 5.82 Å². The quantitative estimate of drug-likeness (QED) is 0.712. The molecule has 0 bridgehead atoms. The van der Waals surface area contributed by atoms with Gasteiger partial charge in [0.05, 0.1) is 11.3 Å². The summed E-state index contributed by atoms with van der Waals surface area (Å²) >= 11 is 1.78. The van der Waals surface area contributed by atoms with Gasteiger partial charge in [0.1, 0.15) is 0 Å². The van der Waals surface area contributed by atoms with Crippen LogP contribution in [0.25, 0.3) is 0 Å². The number of nitrogens with zero attached hydrogens (tertiary/aromatic N) is 4. The Bertz CT molecular complexity index is 268. The molecule has 1 fully saturated rings. The summed E-state index contributed by atoms with van der Waals surface area (Å²) in [5.41, 5.74) is 0. The molecular formula is C7H12N4S. The molecule has 0 spiro atoms. The van der Waals surface area contributed by atoms with Crippen molar-refractivity contribution < 1.29 is 0 Å². The fourth-order valence-corrected chi connectivity index (χ4v) is 1.52. The number of tetrazole rings is 1. The van der Waals surface area contributed by atoms with Crippen molar-refractivity contribution in [3.05, 3.63) is 5.82 Å². The summed E-state index contributed by atoms with van der Waals surface area (Å²) in [6.07, 6.45) is 4.55. The fourth-order valence-electron chi connectivity index (χ4n) is 1.15. The van der Waals surface area contributed by atoms with Crippen LogP contribution in [0.3, 0.4) is 0 Å². The van der Waals surface area contributed by atoms with Crippen LogP contribution in [0.4, 0.5) is 0 Å². The van der Waals surface area contributed by atoms with Gasteiger partial charge < -0.3 is 0 Å². The molecule has 2 rings (SSSR count). The second-order valence-electron chi connectivity index (χ2n) is 3.09. The minimum atomic E-state index is 0.403. The van der Waals surface area contributed by atoms with E-state index in [0.29, 0.717) is 11.3 Å². The summed E-state index contributed by atoms with van der Waals surface area (Å²) in [5.74, 6) is 1.02. The number of thioether (sulfide) groups is 1. The van der Waals surface area contributed by atoms with Crippen LogP contribution in [0.2, 0.25) is 0 Å². The molecule has 0 radical (unpaired) electrons. The first-order chi connectivity index (χ1) is 5.83. The summed E-state index contributed by atoms with van der Waals surface area (Å²) in [5, 5.41) is 12.1. The Morgan fingerprint density at radius 1 is 1.58 bits per heavy atom. The van der Waals surface area contributed by atoms with Crippen molar-refractivity contribution in [1.82, 2.24) is 20.2 Å². The summed E-state index contributed by atoms with van der Waals surface area (Å²) in [6.45, 7) is 2.13. The molecule has 0 aromatic carbocycles. The molecular weight excluding hydrogens is 172 g/mol. The van der Waals surface area contributed by atoms with Crippen molar-refractivity contribution in [3.63, 3.8) is 0 Å². The third-order valence-electron chi connectivity index (χ3n) is 2.13. The first-order valence-corrected chi connectivity index (χ1v) is 5.42. The summed E-state index contributed by atoms with van der Waals surface area (Å²) < 4.78 is 1.97. The molecule has 1 unspecified atom stereocenters. The van der Waals surface area contributed by atoms with E-state index in [1.165, 1.54) is 12.8 Å². The Balaban J connectivity index is 2.23. The van der Waals surface area contributed by atoms with Gasteiger partial charge in [-0.25, -0.2) is 4.68 Å². The van der Waals surface area contributed by atoms with Gasteiger partial charge in [-0.05, 0) is 36.4 Å². The third-order valence-corrected chi connectivity index (χ3v) is 3.05. The lowest BCUT2D eigenvalue weighted by Crippen LogP contribution is -2.04. The lowest BCUT2D eigenvalue weighted by molar-refractivity contribution is 0.583. The zero-order valence-electron chi connectivity index (χ0n) is 7.27. The minimum Gasteiger partial charge on any atom is -0.225 e. The van der Waals surface area contributed by atoms with Crippen LogP contribution in [-0.4, -0.2) is 26.5 Å². The first-order valence-electron chi connectivity index (χ1n) is 4.13. The van der Waals surface area contributed by atoms with Crippen molar-refractivity contribution in [2.45, 2.75) is 31.1 Å². The lowest BCUT2D eigenvalue weighted by atomic mass is 10.4. The SMILES string of the molecule is CSC(C)c1nnnn1C1CC1. The van der Waals surface area contributed by atoms with Gasteiger partial charge in [0.25, 0.3) is 0 Å². The summed E-state index contributed by atoms with van der Waals surface area (Å²) in [4.78, 5) is 0. The summed E-state index contributed by atoms with van der Waals surface area (Å²) in [7, 11) is 0. The molecule has 1 aliphatic carbocycles. The van der Waals surface area contributed by atoms with Crippen LogP contribution in [-0.2, 0) is 0 Å². The molecule has 0 N–H and O–H groups in total. The van der Waals surface area contributed by atoms with E-state index < -0.39 is 0 Å². The normalized spacial score (nSPS) is 19.5. The molecule has 1 aromatic heterocycles. The average Bonchev–Trinajstić information content (AvgIpc) is 2.83. The van der Waals surface area contributed by atoms with Gasteiger partial charge in [0, 0.05) is 0 Å². The second-order valence-corrected chi connectivity index (χ2v) is 4.27. The highest BCUT2D eigenvalue weighted by Crippen LogP contribution is 2.37. The molecule has 12 heavy (non-hydrogen) atoms. The molecule has 0 saturated heterocycles. The van der Waals surface area contributed by atoms with Crippen molar-refractivity contribution in [3.8, 4) is 0 Å². The van der Waals surface area contributed by atoms with Gasteiger partial charge in [0.2, 0.25) is 0 Å². The zero-order chi connectivity index (χ0) is 8.55. The first kappa shape index (κ1) is 8.04. The van der Waals surface area contributed by atoms with Gasteiger partial charge in [-0.15, -0.1) is 5.10 Å². The van der Waals surface area contributed by atoms with Crippen LogP contribution in [0.5, 0.6) is 0 Å². The van der Waals surface area contributed by atoms with E-state index in [9.17, 15) is 0 Å². The van der Waals surface area contributed by atoms with E-state index >= 15 is 0 Å². The number of rotatable bonds is 3. The van der Waals surface area contributed by atoms with E-state index in [-0.39, 0.29) is 0 Å². The monoisotopic (exact) mass is 184 g/mol. The Labute approximate surface area is 75.7 Å². The highest BCUT2D eigenvalue weighted by atomic mass is 32.2. The van der Waals surface area contributed by atoms with Gasteiger partial charge in [-0.3, -0.25) is 0 Å². The van der Waals surface area contributed by atoms with Crippen LogP contribution >= 0.6 is 11.8 Å². The standard InChI is InChI=1S/C7H12N4S/c1-5(12-2)7-8-9-10-11(7)6-3-4-6/h5-6H,3-4H2,1-2H3. The number of aromatic nitrogens is 4. The average molecular weight is 184 g/mol. The molecule has 1 aromatic rings. The van der Waals surface area contributed by atoms with Gasteiger partial charge in [-0.1, -0.05) is 0 Å². The second kappa shape index (κ2) is 3.05. The predicted octanol–water partition coefficient (Wildman–Crippen LogP) is 1.43. The van der Waals surface area contributed by atoms with E-state index in [4.69, 9.17) is 0 Å². The molecule has 1 atom stereocenters. The Morgan fingerprint density at radius 2 is 2.33 bits per heavy atom. The van der Waals surface area contributed by atoms with E-state index in [2.05, 4.69) is 28.7 Å². The highest BCUT2D eigenvalue weighted by Gasteiger charge is 2.29. The molecule has 1 aliphatic rings. The zero-order valence-corrected chi connectivity index (χ0v) is 8.08. The molecule has 66 valence electrons. The van der Waals surface area contributed by atoms with Gasteiger partial charge >= 0.3 is 0 Å². The van der Waals surface area contributed by atoms with E-state index in [1.807, 2.05) is 4.68 Å². The number of hydrogen-bond acceptors (Lipinski definition) is 4. The predicted molar refractivity (Wildman–Crippen MR) is 48.0 cm³/mol. The van der Waals surface area contributed by atoms with Crippen molar-refractivity contribution >= 4 is 11.8 Å². The van der Waals surface area contributed by atoms with Crippen molar-refractivity contribution in [2.24, 2.45) is 0 Å². The van der Waals surface area contributed by atoms with Crippen LogP contribution in [0, 0.1) is 0 Å². The van der Waals surface area contributed by atoms with E-state index in [1.54, 1.807) is 11.8 Å². The molecule has 0 aliphatic heterocycles. The molecule has 4 nitrogen and oxygen atoms in total. The molecule has 1 heterocycles. The largest absolute Gasteiger partial charge is 0.225 e. The smallest absolute Gasteiger partial charge is 0.164 e. The topological polar surface area (TPSA) is 43.6 Å².